The van der Waals surface area contributed by atoms with Crippen molar-refractivity contribution in [3.63, 3.8) is 0 Å². The Bertz CT molecular complexity index is 566. The number of nitrogens with zero attached hydrogens (tertiary/aromatic N) is 1. The second-order valence-corrected chi connectivity index (χ2v) is 6.72. The highest BCUT2D eigenvalue weighted by Crippen LogP contribution is 2.16. The zero-order valence-corrected chi connectivity index (χ0v) is 13.7. The van der Waals surface area contributed by atoms with Crippen LogP contribution in [0.2, 0.25) is 0 Å². The lowest BCUT2D eigenvalue weighted by atomic mass is 10.2. The van der Waals surface area contributed by atoms with Crippen LogP contribution in [0.25, 0.3) is 0 Å². The van der Waals surface area contributed by atoms with Gasteiger partial charge in [-0.3, -0.25) is 4.79 Å². The minimum Gasteiger partial charge on any atom is -0.494 e. The first-order valence-corrected chi connectivity index (χ1v) is 8.06. The summed E-state index contributed by atoms with van der Waals surface area (Å²) in [5.74, 6) is 1.05. The van der Waals surface area contributed by atoms with E-state index in [1.165, 1.54) is 0 Å². The standard InChI is InChI=1S/C15H16BrNO2S/c1-11-10-17-15(20-11)9-13(18)3-2-8-19-14-6-4-12(16)5-7-14/h4-7,10H,2-3,8-9H2,1H3. The number of Topliss-reactive ketones (excluding diaryl/α,β-unsaturated/α-hetero) is 1. The predicted molar refractivity (Wildman–Crippen MR) is 84.4 cm³/mol. The van der Waals surface area contributed by atoms with Gasteiger partial charge in [0.2, 0.25) is 0 Å². The Kier molecular flexibility index (Phi) is 5.73. The van der Waals surface area contributed by atoms with Crippen LogP contribution in [0, 0.1) is 6.92 Å². The molecule has 0 bridgehead atoms. The van der Waals surface area contributed by atoms with Gasteiger partial charge in [0.25, 0.3) is 0 Å². The van der Waals surface area contributed by atoms with E-state index >= 15 is 0 Å². The number of rotatable bonds is 7. The summed E-state index contributed by atoms with van der Waals surface area (Å²) < 4.78 is 6.61. The van der Waals surface area contributed by atoms with E-state index < -0.39 is 0 Å². The third kappa shape index (κ3) is 5.06. The molecule has 0 fully saturated rings. The molecular formula is C15H16BrNO2S. The van der Waals surface area contributed by atoms with E-state index in [-0.39, 0.29) is 5.78 Å². The average Bonchev–Trinajstić information content (AvgIpc) is 2.82. The molecule has 1 heterocycles. The Morgan fingerprint density at radius 3 is 2.75 bits per heavy atom. The SMILES string of the molecule is Cc1cnc(CC(=O)CCCOc2ccc(Br)cc2)s1. The highest BCUT2D eigenvalue weighted by Gasteiger charge is 2.07. The highest BCUT2D eigenvalue weighted by molar-refractivity contribution is 9.10. The zero-order chi connectivity index (χ0) is 14.4. The summed E-state index contributed by atoms with van der Waals surface area (Å²) in [6, 6.07) is 7.69. The zero-order valence-electron chi connectivity index (χ0n) is 11.3. The minimum absolute atomic E-state index is 0.221. The maximum atomic E-state index is 11.8. The molecule has 0 saturated heterocycles. The topological polar surface area (TPSA) is 39.2 Å². The summed E-state index contributed by atoms with van der Waals surface area (Å²) in [6.07, 6.45) is 3.52. The average molecular weight is 354 g/mol. The number of hydrogen-bond donors (Lipinski definition) is 0. The summed E-state index contributed by atoms with van der Waals surface area (Å²) in [4.78, 5) is 17.1. The van der Waals surface area contributed by atoms with Crippen molar-refractivity contribution in [2.75, 3.05) is 6.61 Å². The number of hydrogen-bond acceptors (Lipinski definition) is 4. The summed E-state index contributed by atoms with van der Waals surface area (Å²) >= 11 is 4.96. The van der Waals surface area contributed by atoms with Gasteiger partial charge in [0.05, 0.1) is 13.0 Å². The van der Waals surface area contributed by atoms with Crippen LogP contribution in [0.1, 0.15) is 22.7 Å². The van der Waals surface area contributed by atoms with Gasteiger partial charge < -0.3 is 4.74 Å². The van der Waals surface area contributed by atoms with Gasteiger partial charge in [-0.2, -0.15) is 0 Å². The number of benzene rings is 1. The number of thiazole rings is 1. The number of aryl methyl sites for hydroxylation is 1. The van der Waals surface area contributed by atoms with Crippen LogP contribution < -0.4 is 4.74 Å². The van der Waals surface area contributed by atoms with Crippen LogP contribution in [0.15, 0.2) is 34.9 Å². The van der Waals surface area contributed by atoms with E-state index in [9.17, 15) is 4.79 Å². The summed E-state index contributed by atoms with van der Waals surface area (Å²) in [6.45, 7) is 2.56. The van der Waals surface area contributed by atoms with Crippen LogP contribution in [0.3, 0.4) is 0 Å². The summed E-state index contributed by atoms with van der Waals surface area (Å²) in [5, 5.41) is 0.904. The molecule has 0 atom stereocenters. The molecule has 0 aliphatic carbocycles. The van der Waals surface area contributed by atoms with Crippen LogP contribution in [0.4, 0.5) is 0 Å². The number of halogens is 1. The fourth-order valence-corrected chi connectivity index (χ4v) is 2.81. The Morgan fingerprint density at radius 1 is 1.35 bits per heavy atom. The van der Waals surface area contributed by atoms with E-state index in [0.717, 1.165) is 26.5 Å². The molecule has 0 amide bonds. The maximum absolute atomic E-state index is 11.8. The molecule has 0 radical (unpaired) electrons. The Labute approximate surface area is 131 Å². The number of aromatic nitrogens is 1. The Morgan fingerprint density at radius 2 is 2.10 bits per heavy atom. The van der Waals surface area contributed by atoms with Gasteiger partial charge >= 0.3 is 0 Å². The highest BCUT2D eigenvalue weighted by atomic mass is 79.9. The van der Waals surface area contributed by atoms with E-state index in [1.807, 2.05) is 37.4 Å². The number of ketones is 1. The predicted octanol–water partition coefficient (Wildman–Crippen LogP) is 4.18. The lowest BCUT2D eigenvalue weighted by molar-refractivity contribution is -0.118. The number of carbonyl (C=O) groups is 1. The molecular weight excluding hydrogens is 338 g/mol. The van der Waals surface area contributed by atoms with Crippen molar-refractivity contribution in [1.82, 2.24) is 4.98 Å². The van der Waals surface area contributed by atoms with Gasteiger partial charge in [-0.05, 0) is 37.6 Å². The lowest BCUT2D eigenvalue weighted by Gasteiger charge is -2.05. The smallest absolute Gasteiger partial charge is 0.139 e. The molecule has 3 nitrogen and oxygen atoms in total. The van der Waals surface area contributed by atoms with Crippen LogP contribution in [-0.2, 0) is 11.2 Å². The van der Waals surface area contributed by atoms with E-state index in [4.69, 9.17) is 4.74 Å². The van der Waals surface area contributed by atoms with Crippen LogP contribution in [0.5, 0.6) is 5.75 Å². The molecule has 20 heavy (non-hydrogen) atoms. The summed E-state index contributed by atoms with van der Waals surface area (Å²) in [7, 11) is 0. The quantitative estimate of drug-likeness (QED) is 0.700. The molecule has 2 aromatic rings. The van der Waals surface area contributed by atoms with Crippen molar-refractivity contribution in [3.8, 4) is 5.75 Å². The monoisotopic (exact) mass is 353 g/mol. The van der Waals surface area contributed by atoms with Gasteiger partial charge in [-0.1, -0.05) is 15.9 Å². The minimum atomic E-state index is 0.221. The lowest BCUT2D eigenvalue weighted by Crippen LogP contribution is -2.05. The normalized spacial score (nSPS) is 10.5. The fourth-order valence-electron chi connectivity index (χ4n) is 1.73. The van der Waals surface area contributed by atoms with Gasteiger partial charge in [-0.25, -0.2) is 4.98 Å². The van der Waals surface area contributed by atoms with Crippen LogP contribution in [-0.4, -0.2) is 17.4 Å². The first kappa shape index (κ1) is 15.2. The molecule has 0 saturated carbocycles. The molecule has 1 aromatic heterocycles. The second kappa shape index (κ2) is 7.55. The second-order valence-electron chi connectivity index (χ2n) is 4.49. The van der Waals surface area contributed by atoms with Crippen molar-refractivity contribution in [2.45, 2.75) is 26.2 Å². The first-order valence-electron chi connectivity index (χ1n) is 6.45. The van der Waals surface area contributed by atoms with Crippen molar-refractivity contribution in [2.24, 2.45) is 0 Å². The number of ether oxygens (including phenoxy) is 1. The molecule has 0 spiro atoms. The van der Waals surface area contributed by atoms with Crippen molar-refractivity contribution < 1.29 is 9.53 Å². The molecule has 0 N–H and O–H groups in total. The van der Waals surface area contributed by atoms with Crippen molar-refractivity contribution >= 4 is 33.0 Å². The first-order chi connectivity index (χ1) is 9.63. The van der Waals surface area contributed by atoms with Crippen molar-refractivity contribution in [3.05, 3.63) is 44.8 Å². The van der Waals surface area contributed by atoms with E-state index in [2.05, 4.69) is 20.9 Å². The molecule has 0 aliphatic heterocycles. The largest absolute Gasteiger partial charge is 0.494 e. The van der Waals surface area contributed by atoms with Crippen molar-refractivity contribution in [1.29, 1.82) is 0 Å². The van der Waals surface area contributed by atoms with Gasteiger partial charge in [-0.15, -0.1) is 11.3 Å². The summed E-state index contributed by atoms with van der Waals surface area (Å²) in [5.41, 5.74) is 0. The molecule has 0 aliphatic rings. The molecule has 1 aromatic carbocycles. The van der Waals surface area contributed by atoms with Gasteiger partial charge in [0, 0.05) is 22.0 Å². The molecule has 106 valence electrons. The van der Waals surface area contributed by atoms with E-state index in [1.54, 1.807) is 11.3 Å². The Balaban J connectivity index is 1.65. The Hall–Kier alpha value is -1.20. The maximum Gasteiger partial charge on any atom is 0.139 e. The third-order valence-electron chi connectivity index (χ3n) is 2.70. The van der Waals surface area contributed by atoms with Gasteiger partial charge in [0.15, 0.2) is 0 Å². The molecule has 0 unspecified atom stereocenters. The van der Waals surface area contributed by atoms with Gasteiger partial charge in [0.1, 0.15) is 16.5 Å². The van der Waals surface area contributed by atoms with Crippen LogP contribution >= 0.6 is 27.3 Å². The molecule has 5 heteroatoms. The fraction of sp³-hybridized carbons (Fsp3) is 0.333. The molecule has 2 rings (SSSR count). The van der Waals surface area contributed by atoms with E-state index in [0.29, 0.717) is 19.4 Å². The number of carbonyl (C=O) groups excluding carboxylic acids is 1. The third-order valence-corrected chi connectivity index (χ3v) is 4.14.